The molecule has 6 heteroatoms. The van der Waals surface area contributed by atoms with E-state index in [0.29, 0.717) is 0 Å². The van der Waals surface area contributed by atoms with Crippen LogP contribution in [0.1, 0.15) is 58.3 Å². The Hall–Kier alpha value is -0.0800. The van der Waals surface area contributed by atoms with Crippen molar-refractivity contribution in [2.75, 3.05) is 46.4 Å². The van der Waals surface area contributed by atoms with Gasteiger partial charge < -0.3 is 15.4 Å². The van der Waals surface area contributed by atoms with Crippen LogP contribution in [0.3, 0.4) is 0 Å². The molecule has 5 nitrogen and oxygen atoms in total. The fourth-order valence-electron chi connectivity index (χ4n) is 3.78. The Labute approximate surface area is 165 Å². The molecule has 0 aliphatic carbocycles. The van der Waals surface area contributed by atoms with E-state index < -0.39 is 0 Å². The predicted molar refractivity (Wildman–Crippen MR) is 113 cm³/mol. The Balaban J connectivity index is 0.00000288. The van der Waals surface area contributed by atoms with Crippen LogP contribution in [0.15, 0.2) is 4.99 Å². The lowest BCUT2D eigenvalue weighted by molar-refractivity contribution is -0.0164. The van der Waals surface area contributed by atoms with Gasteiger partial charge in [-0.25, -0.2) is 0 Å². The molecule has 2 rings (SSSR count). The fraction of sp³-hybridized carbons (Fsp3) is 0.944. The molecule has 2 saturated heterocycles. The van der Waals surface area contributed by atoms with Crippen LogP contribution in [-0.4, -0.2) is 62.8 Å². The lowest BCUT2D eigenvalue weighted by atomic mass is 9.88. The summed E-state index contributed by atoms with van der Waals surface area (Å²) in [6.07, 6.45) is 10.1. The number of hydrogen-bond donors (Lipinski definition) is 2. The first-order valence-electron chi connectivity index (χ1n) is 9.58. The summed E-state index contributed by atoms with van der Waals surface area (Å²) in [4.78, 5) is 7.08. The number of likely N-dealkylation sites (tertiary alicyclic amines) is 1. The third-order valence-electron chi connectivity index (χ3n) is 5.33. The zero-order chi connectivity index (χ0) is 16.4. The van der Waals surface area contributed by atoms with Crippen molar-refractivity contribution in [2.24, 2.45) is 4.99 Å². The van der Waals surface area contributed by atoms with Crippen molar-refractivity contribution in [3.8, 4) is 0 Å². The van der Waals surface area contributed by atoms with Crippen LogP contribution in [0.2, 0.25) is 0 Å². The van der Waals surface area contributed by atoms with Gasteiger partial charge in [0.25, 0.3) is 0 Å². The number of halogens is 1. The summed E-state index contributed by atoms with van der Waals surface area (Å²) >= 11 is 0. The van der Waals surface area contributed by atoms with Gasteiger partial charge in [0.2, 0.25) is 0 Å². The first kappa shape index (κ1) is 22.0. The molecule has 0 aromatic heterocycles. The maximum atomic E-state index is 5.62. The van der Waals surface area contributed by atoms with E-state index in [9.17, 15) is 0 Å². The van der Waals surface area contributed by atoms with Crippen molar-refractivity contribution in [3.05, 3.63) is 0 Å². The van der Waals surface area contributed by atoms with Gasteiger partial charge in [0.1, 0.15) is 0 Å². The molecule has 0 bridgehead atoms. The van der Waals surface area contributed by atoms with Crippen molar-refractivity contribution < 1.29 is 4.74 Å². The normalized spacial score (nSPS) is 21.3. The number of nitrogens with zero attached hydrogens (tertiary/aromatic N) is 2. The van der Waals surface area contributed by atoms with Crippen molar-refractivity contribution >= 4 is 29.9 Å². The third kappa shape index (κ3) is 6.67. The Kier molecular flexibility index (Phi) is 11.3. The van der Waals surface area contributed by atoms with Gasteiger partial charge in [0.15, 0.2) is 5.96 Å². The second-order valence-electron chi connectivity index (χ2n) is 6.94. The second kappa shape index (κ2) is 12.3. The van der Waals surface area contributed by atoms with E-state index in [0.717, 1.165) is 45.1 Å². The van der Waals surface area contributed by atoms with E-state index >= 15 is 0 Å². The second-order valence-corrected chi connectivity index (χ2v) is 6.94. The van der Waals surface area contributed by atoms with Gasteiger partial charge >= 0.3 is 0 Å². The fourth-order valence-corrected chi connectivity index (χ4v) is 3.78. The van der Waals surface area contributed by atoms with E-state index in [1.165, 1.54) is 51.6 Å². The number of aliphatic imine (C=N–C) groups is 1. The number of rotatable bonds is 8. The maximum Gasteiger partial charge on any atom is 0.191 e. The SMILES string of the molecule is CCCCCCNC(=NC)NCC1(N2CCCC2)CCOCC1.I. The average molecular weight is 452 g/mol. The van der Waals surface area contributed by atoms with Crippen molar-refractivity contribution in [1.29, 1.82) is 0 Å². The number of hydrogen-bond acceptors (Lipinski definition) is 3. The van der Waals surface area contributed by atoms with E-state index in [-0.39, 0.29) is 29.5 Å². The Morgan fingerprint density at radius 1 is 1.08 bits per heavy atom. The van der Waals surface area contributed by atoms with Crippen LogP contribution >= 0.6 is 24.0 Å². The lowest BCUT2D eigenvalue weighted by Gasteiger charge is -2.45. The van der Waals surface area contributed by atoms with Crippen LogP contribution in [0.5, 0.6) is 0 Å². The molecule has 2 N–H and O–H groups in total. The molecule has 0 spiro atoms. The highest BCUT2D eigenvalue weighted by Crippen LogP contribution is 2.30. The molecule has 2 fully saturated rings. The zero-order valence-electron chi connectivity index (χ0n) is 15.6. The van der Waals surface area contributed by atoms with E-state index in [1.807, 2.05) is 7.05 Å². The van der Waals surface area contributed by atoms with Crippen molar-refractivity contribution in [3.63, 3.8) is 0 Å². The molecule has 0 unspecified atom stereocenters. The van der Waals surface area contributed by atoms with E-state index in [2.05, 4.69) is 27.4 Å². The summed E-state index contributed by atoms with van der Waals surface area (Å²) in [5, 5.41) is 7.05. The highest BCUT2D eigenvalue weighted by Gasteiger charge is 2.39. The van der Waals surface area contributed by atoms with Crippen LogP contribution in [0.4, 0.5) is 0 Å². The van der Waals surface area contributed by atoms with Gasteiger partial charge in [-0.05, 0) is 45.2 Å². The molecular weight excluding hydrogens is 415 g/mol. The largest absolute Gasteiger partial charge is 0.381 e. The van der Waals surface area contributed by atoms with Crippen LogP contribution in [0.25, 0.3) is 0 Å². The molecule has 0 amide bonds. The summed E-state index contributed by atoms with van der Waals surface area (Å²) in [6.45, 7) is 8.50. The molecule has 2 aliphatic heterocycles. The minimum atomic E-state index is 0. The first-order valence-corrected chi connectivity index (χ1v) is 9.58. The van der Waals surface area contributed by atoms with Crippen LogP contribution < -0.4 is 10.6 Å². The predicted octanol–water partition coefficient (Wildman–Crippen LogP) is 2.99. The van der Waals surface area contributed by atoms with Crippen LogP contribution in [0, 0.1) is 0 Å². The summed E-state index contributed by atoms with van der Waals surface area (Å²) < 4.78 is 5.62. The Bertz CT molecular complexity index is 353. The number of ether oxygens (including phenoxy) is 1. The van der Waals surface area contributed by atoms with Gasteiger partial charge in [-0.3, -0.25) is 9.89 Å². The van der Waals surface area contributed by atoms with Gasteiger partial charge in [0, 0.05) is 38.9 Å². The molecule has 0 atom stereocenters. The first-order chi connectivity index (χ1) is 11.3. The Morgan fingerprint density at radius 3 is 2.42 bits per heavy atom. The highest BCUT2D eigenvalue weighted by atomic mass is 127. The highest BCUT2D eigenvalue weighted by molar-refractivity contribution is 14.0. The van der Waals surface area contributed by atoms with Crippen molar-refractivity contribution in [2.45, 2.75) is 63.8 Å². The molecule has 24 heavy (non-hydrogen) atoms. The Morgan fingerprint density at radius 2 is 1.79 bits per heavy atom. The smallest absolute Gasteiger partial charge is 0.191 e. The van der Waals surface area contributed by atoms with Crippen molar-refractivity contribution in [1.82, 2.24) is 15.5 Å². The van der Waals surface area contributed by atoms with Gasteiger partial charge in [-0.2, -0.15) is 0 Å². The molecule has 2 aliphatic rings. The number of nitrogens with one attached hydrogen (secondary N) is 2. The van der Waals surface area contributed by atoms with Gasteiger partial charge in [-0.15, -0.1) is 24.0 Å². The van der Waals surface area contributed by atoms with Gasteiger partial charge in [-0.1, -0.05) is 26.2 Å². The summed E-state index contributed by atoms with van der Waals surface area (Å²) in [5.41, 5.74) is 0.259. The molecule has 0 saturated carbocycles. The molecule has 0 aromatic rings. The van der Waals surface area contributed by atoms with E-state index in [4.69, 9.17) is 4.74 Å². The molecule has 0 aromatic carbocycles. The molecular formula is C18H37IN4O. The molecule has 0 radical (unpaired) electrons. The van der Waals surface area contributed by atoms with Crippen LogP contribution in [-0.2, 0) is 4.74 Å². The molecule has 2 heterocycles. The topological polar surface area (TPSA) is 48.9 Å². The monoisotopic (exact) mass is 452 g/mol. The summed E-state index contributed by atoms with van der Waals surface area (Å²) in [7, 11) is 1.87. The average Bonchev–Trinajstić information content (AvgIpc) is 3.13. The third-order valence-corrected chi connectivity index (χ3v) is 5.33. The molecule has 142 valence electrons. The number of unbranched alkanes of at least 4 members (excludes halogenated alkanes) is 3. The number of guanidine groups is 1. The summed E-state index contributed by atoms with van der Waals surface area (Å²) in [6, 6.07) is 0. The van der Waals surface area contributed by atoms with E-state index in [1.54, 1.807) is 0 Å². The zero-order valence-corrected chi connectivity index (χ0v) is 17.9. The van der Waals surface area contributed by atoms with Gasteiger partial charge in [0.05, 0.1) is 0 Å². The summed E-state index contributed by atoms with van der Waals surface area (Å²) in [5.74, 6) is 0.951. The quantitative estimate of drug-likeness (QED) is 0.257. The standard InChI is InChI=1S/C18H36N4O.HI/c1-3-4-5-6-11-20-17(19-2)21-16-18(9-14-23-15-10-18)22-12-7-8-13-22;/h3-16H2,1-2H3,(H2,19,20,21);1H. The minimum absolute atomic E-state index is 0. The maximum absolute atomic E-state index is 5.62. The minimum Gasteiger partial charge on any atom is -0.381 e. The lowest BCUT2D eigenvalue weighted by Crippen LogP contribution is -2.58.